The van der Waals surface area contributed by atoms with Gasteiger partial charge in [-0.25, -0.2) is 12.8 Å². The summed E-state index contributed by atoms with van der Waals surface area (Å²) < 4.78 is 49.8. The zero-order valence-electron chi connectivity index (χ0n) is 14.5. The lowest BCUT2D eigenvalue weighted by Crippen LogP contribution is -2.40. The van der Waals surface area contributed by atoms with Gasteiger partial charge in [-0.2, -0.15) is 0 Å². The van der Waals surface area contributed by atoms with Gasteiger partial charge < -0.3 is 9.88 Å². The number of hydrogen-bond acceptors (Lipinski definition) is 4. The maximum Gasteiger partial charge on any atom is 0.208 e. The highest BCUT2D eigenvalue weighted by atomic mass is 35.5. The summed E-state index contributed by atoms with van der Waals surface area (Å²) in [5, 5.41) is 3.01. The van der Waals surface area contributed by atoms with Gasteiger partial charge in [0.2, 0.25) is 9.84 Å². The first-order valence-corrected chi connectivity index (χ1v) is 8.90. The Kier molecular flexibility index (Phi) is 5.36. The van der Waals surface area contributed by atoms with Crippen molar-refractivity contribution in [3.63, 3.8) is 0 Å². The number of pyridine rings is 1. The minimum atomic E-state index is -4.04. The van der Waals surface area contributed by atoms with Gasteiger partial charge in [-0.1, -0.05) is 18.2 Å². The first kappa shape index (κ1) is 17.8. The largest absolute Gasteiger partial charge is 0.331 e. The summed E-state index contributed by atoms with van der Waals surface area (Å²) in [4.78, 5) is 1.92. The van der Waals surface area contributed by atoms with Crippen LogP contribution in [0.5, 0.6) is 0 Å². The molecule has 1 aliphatic carbocycles. The van der Waals surface area contributed by atoms with Crippen molar-refractivity contribution in [1.29, 1.82) is 0 Å². The number of hydrogen-bond donors (Lipinski definition) is 1. The maximum absolute atomic E-state index is 13.6. The predicted molar refractivity (Wildman–Crippen MR) is 96.7 cm³/mol. The van der Waals surface area contributed by atoms with E-state index in [0.29, 0.717) is 6.54 Å². The van der Waals surface area contributed by atoms with Gasteiger partial charge in [-0.3, -0.25) is 4.98 Å². The van der Waals surface area contributed by atoms with E-state index < -0.39 is 20.5 Å². The van der Waals surface area contributed by atoms with Crippen molar-refractivity contribution in [2.45, 2.75) is 22.7 Å². The lowest BCUT2D eigenvalue weighted by Gasteiger charge is -2.32. The average Bonchev–Trinajstić information content (AvgIpc) is 3.04. The van der Waals surface area contributed by atoms with Crippen molar-refractivity contribution in [2.75, 3.05) is 7.05 Å². The molecule has 134 valence electrons. The van der Waals surface area contributed by atoms with Crippen molar-refractivity contribution in [1.82, 2.24) is 14.9 Å². The molecule has 1 atom stereocenters. The second-order valence-corrected chi connectivity index (χ2v) is 7.75. The summed E-state index contributed by atoms with van der Waals surface area (Å²) in [7, 11) is -2.24. The van der Waals surface area contributed by atoms with E-state index in [4.69, 9.17) is 1.37 Å². The quantitative estimate of drug-likeness (QED) is 0.861. The standard InChI is InChI=1S/C17H18FN3O2S.ClH/c1-19-10-14-5-8-21(13-14)17(6-3-2-4-7-17)24(22,23)16-9-15(18)11-20-12-16;/h2-6,8-9,11-13,19H,7,10H2,1H3;1H/i3D;. The van der Waals surface area contributed by atoms with Gasteiger partial charge in [0.15, 0.2) is 4.87 Å². The van der Waals surface area contributed by atoms with E-state index >= 15 is 0 Å². The number of nitrogens with one attached hydrogen (secondary N) is 1. The van der Waals surface area contributed by atoms with E-state index in [1.54, 1.807) is 36.2 Å². The van der Waals surface area contributed by atoms with Crippen LogP contribution in [0.2, 0.25) is 0 Å². The molecule has 0 spiro atoms. The fourth-order valence-corrected chi connectivity index (χ4v) is 4.57. The van der Waals surface area contributed by atoms with Gasteiger partial charge in [0.25, 0.3) is 0 Å². The molecule has 5 nitrogen and oxygen atoms in total. The summed E-state index contributed by atoms with van der Waals surface area (Å²) in [5.41, 5.74) is 0.906. The summed E-state index contributed by atoms with van der Waals surface area (Å²) in [6.45, 7) is 0.581. The molecule has 1 aliphatic rings. The molecule has 0 radical (unpaired) electrons. The Morgan fingerprint density at radius 1 is 1.48 bits per heavy atom. The van der Waals surface area contributed by atoms with Gasteiger partial charge in [-0.05, 0) is 30.8 Å². The highest BCUT2D eigenvalue weighted by Crippen LogP contribution is 2.38. The number of nitrogens with zero attached hydrogens (tertiary/aromatic N) is 2. The third-order valence-electron chi connectivity index (χ3n) is 3.96. The average molecular weight is 385 g/mol. The van der Waals surface area contributed by atoms with Gasteiger partial charge in [-0.15, -0.1) is 12.4 Å². The first-order chi connectivity index (χ1) is 11.9. The number of sulfone groups is 1. The highest BCUT2D eigenvalue weighted by Gasteiger charge is 2.44. The van der Waals surface area contributed by atoms with E-state index in [-0.39, 0.29) is 29.8 Å². The molecule has 0 fully saturated rings. The SMILES string of the molecule is Cl.[2H]C1=CC(n2ccc(CNC)c2)(S(=O)(=O)c2cncc(F)c2)CC=C1. The normalized spacial score (nSPS) is 20.6. The predicted octanol–water partition coefficient (Wildman–Crippen LogP) is 2.81. The molecular formula is C17H19ClFN3O2S. The van der Waals surface area contributed by atoms with Gasteiger partial charge in [0.05, 0.1) is 12.5 Å². The Morgan fingerprint density at radius 3 is 2.96 bits per heavy atom. The van der Waals surface area contributed by atoms with Gasteiger partial charge in [0, 0.05) is 31.6 Å². The molecule has 0 bridgehead atoms. The molecule has 25 heavy (non-hydrogen) atoms. The van der Waals surface area contributed by atoms with Crippen molar-refractivity contribution in [3.05, 3.63) is 72.6 Å². The number of rotatable bonds is 5. The monoisotopic (exact) mass is 384 g/mol. The van der Waals surface area contributed by atoms with E-state index in [9.17, 15) is 12.8 Å². The second-order valence-electron chi connectivity index (χ2n) is 5.56. The summed E-state index contributed by atoms with van der Waals surface area (Å²) in [6, 6.07) is 2.86. The molecule has 3 rings (SSSR count). The molecular weight excluding hydrogens is 365 g/mol. The van der Waals surface area contributed by atoms with Crippen LogP contribution < -0.4 is 5.32 Å². The minimum Gasteiger partial charge on any atom is -0.331 e. The molecule has 0 saturated carbocycles. The second kappa shape index (κ2) is 7.51. The number of halogens is 2. The van der Waals surface area contributed by atoms with Crippen LogP contribution in [-0.4, -0.2) is 25.0 Å². The number of allylic oxidation sites excluding steroid dienone is 3. The molecule has 0 amide bonds. The Labute approximate surface area is 154 Å². The lowest BCUT2D eigenvalue weighted by molar-refractivity contribution is 0.474. The third-order valence-corrected chi connectivity index (χ3v) is 6.23. The fourth-order valence-electron chi connectivity index (χ4n) is 2.77. The van der Waals surface area contributed by atoms with Crippen LogP contribution in [0, 0.1) is 5.82 Å². The van der Waals surface area contributed by atoms with E-state index in [2.05, 4.69) is 10.3 Å². The maximum atomic E-state index is 13.6. The Bertz CT molecular complexity index is 958. The van der Waals surface area contributed by atoms with Crippen molar-refractivity contribution < 1.29 is 14.2 Å². The Morgan fingerprint density at radius 2 is 2.28 bits per heavy atom. The molecule has 1 unspecified atom stereocenters. The zero-order chi connectivity index (χ0) is 18.1. The summed E-state index contributed by atoms with van der Waals surface area (Å²) in [6.07, 6.45) is 10.2. The van der Waals surface area contributed by atoms with Crippen LogP contribution >= 0.6 is 12.4 Å². The molecule has 2 aromatic heterocycles. The summed E-state index contributed by atoms with van der Waals surface area (Å²) in [5.74, 6) is -0.721. The van der Waals surface area contributed by atoms with Crippen LogP contribution in [0.4, 0.5) is 4.39 Å². The molecule has 1 N–H and O–H groups in total. The smallest absolute Gasteiger partial charge is 0.208 e. The van der Waals surface area contributed by atoms with Crippen LogP contribution in [0.25, 0.3) is 0 Å². The van der Waals surface area contributed by atoms with Crippen molar-refractivity contribution in [3.8, 4) is 0 Å². The highest BCUT2D eigenvalue weighted by molar-refractivity contribution is 7.92. The Balaban J connectivity index is 0.00000243. The molecule has 2 heterocycles. The van der Waals surface area contributed by atoms with E-state index in [1.165, 1.54) is 6.08 Å². The summed E-state index contributed by atoms with van der Waals surface area (Å²) >= 11 is 0. The van der Waals surface area contributed by atoms with Crippen LogP contribution in [0.3, 0.4) is 0 Å². The first-order valence-electron chi connectivity index (χ1n) is 7.92. The molecule has 0 aromatic carbocycles. The van der Waals surface area contributed by atoms with Crippen molar-refractivity contribution in [2.24, 2.45) is 0 Å². The van der Waals surface area contributed by atoms with Crippen LogP contribution in [-0.2, 0) is 21.3 Å². The van der Waals surface area contributed by atoms with Crippen molar-refractivity contribution >= 4 is 22.2 Å². The Hall–Kier alpha value is -1.96. The van der Waals surface area contributed by atoms with E-state index in [1.807, 2.05) is 6.07 Å². The fraction of sp³-hybridized carbons (Fsp3) is 0.235. The molecule has 0 saturated heterocycles. The third kappa shape index (κ3) is 3.40. The molecule has 0 aliphatic heterocycles. The van der Waals surface area contributed by atoms with Crippen LogP contribution in [0.1, 0.15) is 13.4 Å². The topological polar surface area (TPSA) is 64.0 Å². The van der Waals surface area contributed by atoms with Gasteiger partial charge >= 0.3 is 0 Å². The minimum absolute atomic E-state index is 0. The molecule has 2 aromatic rings. The van der Waals surface area contributed by atoms with Crippen LogP contribution in [0.15, 0.2) is 66.1 Å². The zero-order valence-corrected chi connectivity index (χ0v) is 15.1. The number of aromatic nitrogens is 2. The lowest BCUT2D eigenvalue weighted by atomic mass is 10.1. The molecule has 8 heteroatoms. The van der Waals surface area contributed by atoms with Gasteiger partial charge in [0.1, 0.15) is 5.82 Å². The van der Waals surface area contributed by atoms with E-state index in [0.717, 1.165) is 24.0 Å².